The second-order valence-corrected chi connectivity index (χ2v) is 6.27. The summed E-state index contributed by atoms with van der Waals surface area (Å²) < 4.78 is 8.94. The molecule has 1 fully saturated rings. The molecule has 0 radical (unpaired) electrons. The summed E-state index contributed by atoms with van der Waals surface area (Å²) in [6.45, 7) is 5.39. The van der Waals surface area contributed by atoms with Crippen molar-refractivity contribution in [3.8, 4) is 0 Å². The zero-order chi connectivity index (χ0) is 16.2. The SMILES string of the molecule is CCOC(=O)c1nnsc1N1CCN(c2cccc(Cl)c2)CC1. The van der Waals surface area contributed by atoms with Gasteiger partial charge in [0.15, 0.2) is 0 Å². The summed E-state index contributed by atoms with van der Waals surface area (Å²) in [5.41, 5.74) is 1.43. The number of anilines is 2. The summed E-state index contributed by atoms with van der Waals surface area (Å²) in [5.74, 6) is -0.409. The van der Waals surface area contributed by atoms with Crippen LogP contribution in [0.15, 0.2) is 24.3 Å². The van der Waals surface area contributed by atoms with Crippen molar-refractivity contribution in [2.75, 3.05) is 42.6 Å². The van der Waals surface area contributed by atoms with Crippen molar-refractivity contribution < 1.29 is 9.53 Å². The third-order valence-corrected chi connectivity index (χ3v) is 4.70. The molecule has 0 spiro atoms. The Morgan fingerprint density at radius 1 is 1.30 bits per heavy atom. The zero-order valence-corrected chi connectivity index (χ0v) is 14.3. The molecule has 0 amide bonds. The number of benzene rings is 1. The fourth-order valence-corrected chi connectivity index (χ4v) is 3.45. The maximum absolute atomic E-state index is 11.9. The standard InChI is InChI=1S/C15H17ClN4O2S/c1-2-22-15(21)13-14(23-18-17-13)20-8-6-19(7-9-20)12-5-3-4-11(16)10-12/h3-5,10H,2,6-9H2,1H3. The van der Waals surface area contributed by atoms with Crippen molar-refractivity contribution in [2.24, 2.45) is 0 Å². The van der Waals surface area contributed by atoms with Gasteiger partial charge in [0.25, 0.3) is 0 Å². The zero-order valence-electron chi connectivity index (χ0n) is 12.7. The van der Waals surface area contributed by atoms with Gasteiger partial charge in [0.05, 0.1) is 6.61 Å². The molecule has 0 N–H and O–H groups in total. The van der Waals surface area contributed by atoms with Crippen molar-refractivity contribution in [3.05, 3.63) is 35.0 Å². The normalized spacial score (nSPS) is 14.9. The minimum absolute atomic E-state index is 0.313. The summed E-state index contributed by atoms with van der Waals surface area (Å²) in [4.78, 5) is 16.3. The molecular weight excluding hydrogens is 336 g/mol. The third-order valence-electron chi connectivity index (χ3n) is 3.68. The first-order chi connectivity index (χ1) is 11.2. The van der Waals surface area contributed by atoms with Gasteiger partial charge >= 0.3 is 5.97 Å². The molecule has 1 aromatic carbocycles. The summed E-state index contributed by atoms with van der Waals surface area (Å²) in [5, 5.41) is 5.44. The Hall–Kier alpha value is -1.86. The first-order valence-corrected chi connectivity index (χ1v) is 8.59. The van der Waals surface area contributed by atoms with Crippen molar-refractivity contribution in [3.63, 3.8) is 0 Å². The molecule has 23 heavy (non-hydrogen) atoms. The van der Waals surface area contributed by atoms with Crippen LogP contribution in [0, 0.1) is 0 Å². The molecule has 8 heteroatoms. The molecule has 0 bridgehead atoms. The van der Waals surface area contributed by atoms with Gasteiger partial charge in [0.1, 0.15) is 5.00 Å². The quantitative estimate of drug-likeness (QED) is 0.788. The highest BCUT2D eigenvalue weighted by Crippen LogP contribution is 2.27. The number of carbonyl (C=O) groups excluding carboxylic acids is 1. The molecular formula is C15H17ClN4O2S. The van der Waals surface area contributed by atoms with Crippen LogP contribution in [0.2, 0.25) is 5.02 Å². The van der Waals surface area contributed by atoms with Gasteiger partial charge in [-0.3, -0.25) is 0 Å². The molecule has 1 aliphatic rings. The fraction of sp³-hybridized carbons (Fsp3) is 0.400. The highest BCUT2D eigenvalue weighted by molar-refractivity contribution is 7.10. The second kappa shape index (κ2) is 7.14. The van der Waals surface area contributed by atoms with Crippen molar-refractivity contribution in [1.29, 1.82) is 0 Å². The number of hydrogen-bond donors (Lipinski definition) is 0. The maximum Gasteiger partial charge on any atom is 0.362 e. The Morgan fingerprint density at radius 2 is 2.04 bits per heavy atom. The maximum atomic E-state index is 11.9. The van der Waals surface area contributed by atoms with Gasteiger partial charge in [-0.25, -0.2) is 4.79 Å². The predicted octanol–water partition coefficient (Wildman–Crippen LogP) is 2.69. The topological polar surface area (TPSA) is 58.6 Å². The van der Waals surface area contributed by atoms with Gasteiger partial charge in [0, 0.05) is 48.4 Å². The van der Waals surface area contributed by atoms with Crippen LogP contribution in [-0.2, 0) is 4.74 Å². The Labute approximate surface area is 143 Å². The minimum Gasteiger partial charge on any atom is -0.461 e. The molecule has 1 aromatic heterocycles. The number of esters is 1. The molecule has 2 heterocycles. The van der Waals surface area contributed by atoms with E-state index in [0.717, 1.165) is 41.9 Å². The molecule has 1 aliphatic heterocycles. The van der Waals surface area contributed by atoms with E-state index in [2.05, 4.69) is 25.5 Å². The summed E-state index contributed by atoms with van der Waals surface area (Å²) in [6.07, 6.45) is 0. The minimum atomic E-state index is -0.409. The van der Waals surface area contributed by atoms with E-state index in [-0.39, 0.29) is 0 Å². The van der Waals surface area contributed by atoms with E-state index in [9.17, 15) is 4.79 Å². The number of ether oxygens (including phenoxy) is 1. The van der Waals surface area contributed by atoms with Crippen LogP contribution < -0.4 is 9.80 Å². The van der Waals surface area contributed by atoms with E-state index >= 15 is 0 Å². The molecule has 0 saturated carbocycles. The molecule has 0 aliphatic carbocycles. The first-order valence-electron chi connectivity index (χ1n) is 7.44. The predicted molar refractivity (Wildman–Crippen MR) is 91.7 cm³/mol. The van der Waals surface area contributed by atoms with Crippen molar-refractivity contribution in [2.45, 2.75) is 6.92 Å². The fourth-order valence-electron chi connectivity index (χ4n) is 2.56. The van der Waals surface area contributed by atoms with Gasteiger partial charge in [-0.1, -0.05) is 22.2 Å². The van der Waals surface area contributed by atoms with Crippen LogP contribution in [-0.4, -0.2) is 48.3 Å². The van der Waals surface area contributed by atoms with Crippen LogP contribution in [0.25, 0.3) is 0 Å². The summed E-state index contributed by atoms with van der Waals surface area (Å²) in [7, 11) is 0. The molecule has 2 aromatic rings. The number of carbonyl (C=O) groups is 1. The van der Waals surface area contributed by atoms with E-state index in [1.807, 2.05) is 18.2 Å². The van der Waals surface area contributed by atoms with E-state index in [0.29, 0.717) is 12.3 Å². The second-order valence-electron chi connectivity index (χ2n) is 5.10. The number of piperazine rings is 1. The van der Waals surface area contributed by atoms with Crippen molar-refractivity contribution >= 4 is 39.8 Å². The lowest BCUT2D eigenvalue weighted by atomic mass is 10.2. The highest BCUT2D eigenvalue weighted by atomic mass is 35.5. The highest BCUT2D eigenvalue weighted by Gasteiger charge is 2.25. The van der Waals surface area contributed by atoms with Gasteiger partial charge in [-0.05, 0) is 25.1 Å². The lowest BCUT2D eigenvalue weighted by molar-refractivity contribution is 0.0520. The number of rotatable bonds is 4. The molecule has 6 nitrogen and oxygen atoms in total. The average Bonchev–Trinajstić information content (AvgIpc) is 3.05. The Kier molecular flexibility index (Phi) is 4.97. The van der Waals surface area contributed by atoms with Crippen LogP contribution in [0.4, 0.5) is 10.7 Å². The van der Waals surface area contributed by atoms with E-state index in [1.54, 1.807) is 6.92 Å². The van der Waals surface area contributed by atoms with Crippen LogP contribution in [0.1, 0.15) is 17.4 Å². The van der Waals surface area contributed by atoms with Gasteiger partial charge in [-0.15, -0.1) is 5.10 Å². The third kappa shape index (κ3) is 3.56. The summed E-state index contributed by atoms with van der Waals surface area (Å²) >= 11 is 7.29. The van der Waals surface area contributed by atoms with E-state index in [4.69, 9.17) is 16.3 Å². The molecule has 3 rings (SSSR count). The Morgan fingerprint density at radius 3 is 2.74 bits per heavy atom. The summed E-state index contributed by atoms with van der Waals surface area (Å²) in [6, 6.07) is 7.85. The first kappa shape index (κ1) is 16.0. The Balaban J connectivity index is 1.68. The van der Waals surface area contributed by atoms with Crippen LogP contribution in [0.3, 0.4) is 0 Å². The van der Waals surface area contributed by atoms with Crippen LogP contribution in [0.5, 0.6) is 0 Å². The van der Waals surface area contributed by atoms with E-state index in [1.165, 1.54) is 11.5 Å². The molecule has 0 unspecified atom stereocenters. The Bertz CT molecular complexity index is 686. The van der Waals surface area contributed by atoms with Gasteiger partial charge in [0.2, 0.25) is 5.69 Å². The lowest BCUT2D eigenvalue weighted by Crippen LogP contribution is -2.46. The van der Waals surface area contributed by atoms with Crippen molar-refractivity contribution in [1.82, 2.24) is 9.59 Å². The average molecular weight is 353 g/mol. The molecule has 1 saturated heterocycles. The number of nitrogens with zero attached hydrogens (tertiary/aromatic N) is 4. The van der Waals surface area contributed by atoms with Gasteiger partial charge in [-0.2, -0.15) is 0 Å². The lowest BCUT2D eigenvalue weighted by Gasteiger charge is -2.36. The van der Waals surface area contributed by atoms with E-state index < -0.39 is 5.97 Å². The molecule has 0 atom stereocenters. The van der Waals surface area contributed by atoms with Crippen LogP contribution >= 0.6 is 23.1 Å². The number of halogens is 1. The number of hydrogen-bond acceptors (Lipinski definition) is 7. The van der Waals surface area contributed by atoms with Gasteiger partial charge < -0.3 is 14.5 Å². The largest absolute Gasteiger partial charge is 0.461 e. The monoisotopic (exact) mass is 352 g/mol. The smallest absolute Gasteiger partial charge is 0.362 e. The number of aromatic nitrogens is 2. The molecule has 122 valence electrons.